The van der Waals surface area contributed by atoms with Crippen LogP contribution in [0, 0.1) is 5.82 Å². The molecule has 5 heteroatoms. The molecule has 0 aromatic heterocycles. The molecule has 20 heavy (non-hydrogen) atoms. The molecule has 0 unspecified atom stereocenters. The van der Waals surface area contributed by atoms with Gasteiger partial charge >= 0.3 is 5.97 Å². The molecular weight excluding hydrogens is 261 g/mol. The average Bonchev–Trinajstić information content (AvgIpc) is 2.42. The normalized spacial score (nSPS) is 21.2. The number of likely N-dealkylation sites (tertiary alicyclic amines) is 1. The van der Waals surface area contributed by atoms with Gasteiger partial charge in [0.25, 0.3) is 0 Å². The van der Waals surface area contributed by atoms with E-state index in [0.717, 1.165) is 50.1 Å². The molecule has 0 aliphatic carbocycles. The molecule has 1 fully saturated rings. The van der Waals surface area contributed by atoms with Crippen molar-refractivity contribution in [3.05, 3.63) is 29.6 Å². The van der Waals surface area contributed by atoms with Crippen LogP contribution < -0.4 is 4.74 Å². The fraction of sp³-hybridized carbons (Fsp3) is 0.533. The van der Waals surface area contributed by atoms with Crippen LogP contribution in [0.3, 0.4) is 0 Å². The highest BCUT2D eigenvalue weighted by Crippen LogP contribution is 2.39. The number of hydrogen-bond donors (Lipinski definition) is 1. The number of ether oxygens (including phenoxy) is 1. The van der Waals surface area contributed by atoms with Crippen LogP contribution in [-0.4, -0.2) is 41.2 Å². The maximum absolute atomic E-state index is 13.2. The molecule has 1 aromatic rings. The minimum Gasteiger partial charge on any atom is -0.487 e. The Balaban J connectivity index is 1.68. The van der Waals surface area contributed by atoms with Crippen molar-refractivity contribution in [2.45, 2.75) is 31.3 Å². The van der Waals surface area contributed by atoms with Gasteiger partial charge in [-0.2, -0.15) is 0 Å². The third kappa shape index (κ3) is 2.63. The molecule has 1 spiro atoms. The number of benzene rings is 1. The first-order chi connectivity index (χ1) is 9.56. The highest BCUT2D eigenvalue weighted by Gasteiger charge is 2.39. The Morgan fingerprint density at radius 1 is 1.35 bits per heavy atom. The average molecular weight is 279 g/mol. The van der Waals surface area contributed by atoms with Crippen LogP contribution in [0.4, 0.5) is 4.39 Å². The number of hydrogen-bond acceptors (Lipinski definition) is 3. The zero-order valence-electron chi connectivity index (χ0n) is 11.3. The van der Waals surface area contributed by atoms with Crippen LogP contribution in [0.1, 0.15) is 24.8 Å². The van der Waals surface area contributed by atoms with E-state index in [1.807, 2.05) is 4.90 Å². The Morgan fingerprint density at radius 2 is 2.10 bits per heavy atom. The third-order valence-electron chi connectivity index (χ3n) is 4.33. The number of aryl methyl sites for hydroxylation is 1. The molecule has 0 amide bonds. The van der Waals surface area contributed by atoms with E-state index < -0.39 is 5.97 Å². The van der Waals surface area contributed by atoms with Crippen molar-refractivity contribution >= 4 is 5.97 Å². The summed E-state index contributed by atoms with van der Waals surface area (Å²) in [5.41, 5.74) is 0.739. The summed E-state index contributed by atoms with van der Waals surface area (Å²) in [5, 5.41) is 8.82. The van der Waals surface area contributed by atoms with E-state index in [-0.39, 0.29) is 18.0 Å². The monoisotopic (exact) mass is 279 g/mol. The summed E-state index contributed by atoms with van der Waals surface area (Å²) in [6.45, 7) is 1.57. The molecule has 2 aliphatic rings. The quantitative estimate of drug-likeness (QED) is 0.900. The maximum Gasteiger partial charge on any atom is 0.317 e. The van der Waals surface area contributed by atoms with Gasteiger partial charge in [-0.1, -0.05) is 0 Å². The summed E-state index contributed by atoms with van der Waals surface area (Å²) in [7, 11) is 0. The van der Waals surface area contributed by atoms with Crippen molar-refractivity contribution in [3.8, 4) is 5.75 Å². The smallest absolute Gasteiger partial charge is 0.317 e. The lowest BCUT2D eigenvalue weighted by Crippen LogP contribution is -2.50. The maximum atomic E-state index is 13.2. The Morgan fingerprint density at radius 3 is 2.80 bits per heavy atom. The van der Waals surface area contributed by atoms with Crippen LogP contribution in [0.2, 0.25) is 0 Å². The van der Waals surface area contributed by atoms with Crippen molar-refractivity contribution < 1.29 is 19.0 Å². The van der Waals surface area contributed by atoms with E-state index in [2.05, 4.69) is 0 Å². The Kier molecular flexibility index (Phi) is 3.38. The van der Waals surface area contributed by atoms with Crippen LogP contribution in [-0.2, 0) is 11.2 Å². The molecule has 1 aromatic carbocycles. The molecule has 0 bridgehead atoms. The number of rotatable bonds is 2. The van der Waals surface area contributed by atoms with Crippen molar-refractivity contribution in [3.63, 3.8) is 0 Å². The fourth-order valence-electron chi connectivity index (χ4n) is 3.15. The second kappa shape index (κ2) is 5.05. The Hall–Kier alpha value is -1.62. The van der Waals surface area contributed by atoms with Crippen LogP contribution in [0.25, 0.3) is 0 Å². The molecule has 4 nitrogen and oxygen atoms in total. The molecule has 2 aliphatic heterocycles. The Labute approximate surface area is 117 Å². The minimum atomic E-state index is -0.786. The molecule has 0 saturated carbocycles. The topological polar surface area (TPSA) is 49.8 Å². The summed E-state index contributed by atoms with van der Waals surface area (Å²) in [6, 6.07) is 4.67. The number of carboxylic acid groups (broad SMARTS) is 1. The first kappa shape index (κ1) is 13.4. The predicted molar refractivity (Wildman–Crippen MR) is 71.4 cm³/mol. The molecular formula is C15H18FNO3. The van der Waals surface area contributed by atoms with Crippen LogP contribution in [0.15, 0.2) is 18.2 Å². The van der Waals surface area contributed by atoms with Crippen molar-refractivity contribution in [1.82, 2.24) is 4.90 Å². The number of piperidine rings is 1. The van der Waals surface area contributed by atoms with Gasteiger partial charge in [-0.15, -0.1) is 0 Å². The molecule has 0 atom stereocenters. The molecule has 1 N–H and O–H groups in total. The van der Waals surface area contributed by atoms with E-state index in [1.54, 1.807) is 12.1 Å². The number of halogens is 1. The Bertz CT molecular complexity index is 524. The predicted octanol–water partition coefficient (Wildman–Crippen LogP) is 2.07. The highest BCUT2D eigenvalue weighted by atomic mass is 19.1. The fourth-order valence-corrected chi connectivity index (χ4v) is 3.15. The second-order valence-corrected chi connectivity index (χ2v) is 5.71. The SMILES string of the molecule is O=C(O)CN1CCC2(CCc3cc(F)ccc3O2)CC1. The van der Waals surface area contributed by atoms with E-state index in [1.165, 1.54) is 6.07 Å². The van der Waals surface area contributed by atoms with Gasteiger partial charge in [0.2, 0.25) is 0 Å². The van der Waals surface area contributed by atoms with E-state index in [9.17, 15) is 9.18 Å². The van der Waals surface area contributed by atoms with Gasteiger partial charge in [0.15, 0.2) is 0 Å². The number of carboxylic acids is 1. The van der Waals surface area contributed by atoms with Gasteiger partial charge in [0.1, 0.15) is 17.2 Å². The third-order valence-corrected chi connectivity index (χ3v) is 4.33. The number of fused-ring (bicyclic) bond motifs is 1. The number of aliphatic carboxylic acids is 1. The van der Waals surface area contributed by atoms with Crippen molar-refractivity contribution in [1.29, 1.82) is 0 Å². The highest BCUT2D eigenvalue weighted by molar-refractivity contribution is 5.69. The van der Waals surface area contributed by atoms with E-state index in [4.69, 9.17) is 9.84 Å². The lowest BCUT2D eigenvalue weighted by atomic mass is 9.83. The number of carbonyl (C=O) groups is 1. The van der Waals surface area contributed by atoms with Gasteiger partial charge in [-0.05, 0) is 49.4 Å². The summed E-state index contributed by atoms with van der Waals surface area (Å²) >= 11 is 0. The van der Waals surface area contributed by atoms with E-state index in [0.29, 0.717) is 0 Å². The van der Waals surface area contributed by atoms with Gasteiger partial charge in [-0.25, -0.2) is 4.39 Å². The summed E-state index contributed by atoms with van der Waals surface area (Å²) < 4.78 is 19.3. The first-order valence-electron chi connectivity index (χ1n) is 6.98. The largest absolute Gasteiger partial charge is 0.487 e. The van der Waals surface area contributed by atoms with Crippen LogP contribution in [0.5, 0.6) is 5.75 Å². The zero-order valence-corrected chi connectivity index (χ0v) is 11.3. The lowest BCUT2D eigenvalue weighted by molar-refractivity contribution is -0.139. The first-order valence-corrected chi connectivity index (χ1v) is 6.98. The molecule has 2 heterocycles. The summed E-state index contributed by atoms with van der Waals surface area (Å²) in [6.07, 6.45) is 3.37. The minimum absolute atomic E-state index is 0.0951. The van der Waals surface area contributed by atoms with Gasteiger partial charge in [-0.3, -0.25) is 9.69 Å². The van der Waals surface area contributed by atoms with Crippen molar-refractivity contribution in [2.24, 2.45) is 0 Å². The molecule has 0 radical (unpaired) electrons. The summed E-state index contributed by atoms with van der Waals surface area (Å²) in [5.74, 6) is -0.227. The van der Waals surface area contributed by atoms with E-state index >= 15 is 0 Å². The zero-order chi connectivity index (χ0) is 14.2. The summed E-state index contributed by atoms with van der Waals surface area (Å²) in [4.78, 5) is 12.7. The van der Waals surface area contributed by atoms with Gasteiger partial charge in [0.05, 0.1) is 6.54 Å². The standard InChI is InChI=1S/C15H18FNO3/c16-12-1-2-13-11(9-12)3-4-15(20-13)5-7-17(8-6-15)10-14(18)19/h1-2,9H,3-8,10H2,(H,18,19). The molecule has 1 saturated heterocycles. The second-order valence-electron chi connectivity index (χ2n) is 5.71. The van der Waals surface area contributed by atoms with Crippen LogP contribution >= 0.6 is 0 Å². The lowest BCUT2D eigenvalue weighted by Gasteiger charge is -2.44. The molecule has 108 valence electrons. The van der Waals surface area contributed by atoms with Gasteiger partial charge in [0, 0.05) is 13.1 Å². The molecule has 3 rings (SSSR count). The van der Waals surface area contributed by atoms with Crippen molar-refractivity contribution in [2.75, 3.05) is 19.6 Å². The number of nitrogens with zero attached hydrogens (tertiary/aromatic N) is 1. The van der Waals surface area contributed by atoms with Gasteiger partial charge < -0.3 is 9.84 Å².